The average molecular weight is 357 g/mol. The lowest BCUT2D eigenvalue weighted by Gasteiger charge is -2.22. The maximum Gasteiger partial charge on any atom is 0.277 e. The molecule has 2 aliphatic rings. The van der Waals surface area contributed by atoms with Gasteiger partial charge in [-0.25, -0.2) is 4.68 Å². The third-order valence-electron chi connectivity index (χ3n) is 4.73. The molecule has 2 fully saturated rings. The molecule has 2 N–H and O–H groups in total. The van der Waals surface area contributed by atoms with Gasteiger partial charge in [0.1, 0.15) is 11.9 Å². The van der Waals surface area contributed by atoms with E-state index in [0.29, 0.717) is 24.0 Å². The number of nitrogens with one attached hydrogen (secondary N) is 2. The fourth-order valence-corrected chi connectivity index (χ4v) is 3.24. The molecule has 2 saturated heterocycles. The van der Waals surface area contributed by atoms with Crippen LogP contribution < -0.4 is 15.4 Å². The number of aromatic nitrogens is 3. The molecule has 0 bridgehead atoms. The molecule has 1 atom stereocenters. The Labute approximate surface area is 151 Å². The Kier molecular flexibility index (Phi) is 5.12. The normalized spacial score (nSPS) is 20.8. The van der Waals surface area contributed by atoms with Crippen molar-refractivity contribution in [3.8, 4) is 5.75 Å². The van der Waals surface area contributed by atoms with Crippen molar-refractivity contribution in [2.75, 3.05) is 31.6 Å². The number of piperidine rings is 1. The predicted octanol–water partition coefficient (Wildman–Crippen LogP) is 1.62. The van der Waals surface area contributed by atoms with Gasteiger partial charge in [-0.05, 0) is 50.2 Å². The fourth-order valence-electron chi connectivity index (χ4n) is 3.24. The first-order valence-corrected chi connectivity index (χ1v) is 9.06. The number of carbonyl (C=O) groups excluding carboxylic acids is 1. The first kappa shape index (κ1) is 17.0. The molecule has 0 radical (unpaired) electrons. The van der Waals surface area contributed by atoms with Crippen LogP contribution in [0.15, 0.2) is 30.5 Å². The van der Waals surface area contributed by atoms with E-state index in [0.717, 1.165) is 44.7 Å². The summed E-state index contributed by atoms with van der Waals surface area (Å²) in [7, 11) is 0. The minimum atomic E-state index is -0.261. The Morgan fingerprint density at radius 2 is 2.04 bits per heavy atom. The first-order valence-electron chi connectivity index (χ1n) is 9.06. The first-order chi connectivity index (χ1) is 12.8. The number of nitrogens with zero attached hydrogens (tertiary/aromatic N) is 3. The molecule has 8 nitrogen and oxygen atoms in total. The number of ether oxygens (including phenoxy) is 2. The quantitative estimate of drug-likeness (QED) is 0.845. The highest BCUT2D eigenvalue weighted by Gasteiger charge is 2.19. The predicted molar refractivity (Wildman–Crippen MR) is 95.4 cm³/mol. The molecule has 1 aromatic heterocycles. The van der Waals surface area contributed by atoms with Gasteiger partial charge in [-0.2, -0.15) is 0 Å². The van der Waals surface area contributed by atoms with Gasteiger partial charge in [-0.15, -0.1) is 5.10 Å². The summed E-state index contributed by atoms with van der Waals surface area (Å²) < 4.78 is 12.9. The van der Waals surface area contributed by atoms with E-state index in [1.54, 1.807) is 10.9 Å². The highest BCUT2D eigenvalue weighted by Crippen LogP contribution is 2.20. The van der Waals surface area contributed by atoms with Crippen molar-refractivity contribution in [1.82, 2.24) is 20.3 Å². The lowest BCUT2D eigenvalue weighted by Crippen LogP contribution is -2.29. The van der Waals surface area contributed by atoms with Crippen molar-refractivity contribution >= 4 is 11.6 Å². The number of hydrogen-bond acceptors (Lipinski definition) is 6. The fraction of sp³-hybridized carbons (Fsp3) is 0.500. The molecule has 138 valence electrons. The molecule has 4 rings (SSSR count). The van der Waals surface area contributed by atoms with Crippen LogP contribution in [-0.2, 0) is 4.74 Å². The zero-order chi connectivity index (χ0) is 17.8. The Bertz CT molecular complexity index is 734. The molecular formula is C18H23N5O3. The number of amides is 1. The topological polar surface area (TPSA) is 90.3 Å². The molecule has 0 spiro atoms. The highest BCUT2D eigenvalue weighted by molar-refractivity contribution is 6.02. The van der Waals surface area contributed by atoms with Gasteiger partial charge >= 0.3 is 0 Å². The van der Waals surface area contributed by atoms with Gasteiger partial charge in [0.15, 0.2) is 5.69 Å². The molecule has 1 unspecified atom stereocenters. The molecule has 8 heteroatoms. The van der Waals surface area contributed by atoms with Crippen LogP contribution >= 0.6 is 0 Å². The van der Waals surface area contributed by atoms with Crippen LogP contribution in [0.1, 0.15) is 35.8 Å². The number of benzene rings is 1. The van der Waals surface area contributed by atoms with Crippen LogP contribution in [0, 0.1) is 0 Å². The SMILES string of the molecule is O=C(Nc1ccc(OC2CCOC2)cc1)c1cn(C2CCNCC2)nn1. The van der Waals surface area contributed by atoms with E-state index in [2.05, 4.69) is 20.9 Å². The largest absolute Gasteiger partial charge is 0.488 e. The van der Waals surface area contributed by atoms with Crippen molar-refractivity contribution in [2.24, 2.45) is 0 Å². The lowest BCUT2D eigenvalue weighted by atomic mass is 10.1. The van der Waals surface area contributed by atoms with Gasteiger partial charge in [-0.3, -0.25) is 4.79 Å². The van der Waals surface area contributed by atoms with Gasteiger partial charge in [0.25, 0.3) is 5.91 Å². The summed E-state index contributed by atoms with van der Waals surface area (Å²) in [5.74, 6) is 0.512. The average Bonchev–Trinajstić information content (AvgIpc) is 3.36. The van der Waals surface area contributed by atoms with E-state index in [1.165, 1.54) is 0 Å². The number of anilines is 1. The van der Waals surface area contributed by atoms with Gasteiger partial charge in [0, 0.05) is 12.1 Å². The molecule has 2 aliphatic heterocycles. The van der Waals surface area contributed by atoms with E-state index in [-0.39, 0.29) is 12.0 Å². The molecule has 3 heterocycles. The standard InChI is InChI=1S/C18H23N5O3/c24-18(17-11-23(22-21-17)14-5-8-19-9-6-14)20-13-1-3-15(4-2-13)26-16-7-10-25-12-16/h1-4,11,14,16,19H,5-10,12H2,(H,20,24). The molecule has 0 aliphatic carbocycles. The summed E-state index contributed by atoms with van der Waals surface area (Å²) in [6.45, 7) is 3.31. The monoisotopic (exact) mass is 357 g/mol. The molecular weight excluding hydrogens is 334 g/mol. The summed E-state index contributed by atoms with van der Waals surface area (Å²) in [5, 5.41) is 14.3. The van der Waals surface area contributed by atoms with Crippen LogP contribution in [0.2, 0.25) is 0 Å². The Morgan fingerprint density at radius 1 is 1.23 bits per heavy atom. The van der Waals surface area contributed by atoms with Crippen LogP contribution in [-0.4, -0.2) is 53.3 Å². The zero-order valence-corrected chi connectivity index (χ0v) is 14.6. The molecule has 2 aromatic rings. The summed E-state index contributed by atoms with van der Waals surface area (Å²) in [6.07, 6.45) is 4.74. The van der Waals surface area contributed by atoms with E-state index >= 15 is 0 Å². The second-order valence-corrected chi connectivity index (χ2v) is 6.65. The van der Waals surface area contributed by atoms with Gasteiger partial charge in [0.2, 0.25) is 0 Å². The smallest absolute Gasteiger partial charge is 0.277 e. The molecule has 1 amide bonds. The Morgan fingerprint density at radius 3 is 2.77 bits per heavy atom. The summed E-state index contributed by atoms with van der Waals surface area (Å²) in [6, 6.07) is 7.64. The summed E-state index contributed by atoms with van der Waals surface area (Å²) in [4.78, 5) is 12.4. The van der Waals surface area contributed by atoms with Crippen molar-refractivity contribution in [1.29, 1.82) is 0 Å². The highest BCUT2D eigenvalue weighted by atomic mass is 16.5. The van der Waals surface area contributed by atoms with Crippen molar-refractivity contribution < 1.29 is 14.3 Å². The minimum absolute atomic E-state index is 0.112. The number of hydrogen-bond donors (Lipinski definition) is 2. The van der Waals surface area contributed by atoms with Crippen molar-refractivity contribution in [3.05, 3.63) is 36.2 Å². The lowest BCUT2D eigenvalue weighted by molar-refractivity contribution is 0.102. The molecule has 1 aromatic carbocycles. The van der Waals surface area contributed by atoms with Gasteiger partial charge < -0.3 is 20.1 Å². The second kappa shape index (κ2) is 7.84. The van der Waals surface area contributed by atoms with E-state index in [9.17, 15) is 4.79 Å². The molecule has 0 saturated carbocycles. The van der Waals surface area contributed by atoms with Crippen LogP contribution in [0.3, 0.4) is 0 Å². The second-order valence-electron chi connectivity index (χ2n) is 6.65. The maximum atomic E-state index is 12.4. The van der Waals surface area contributed by atoms with E-state index in [4.69, 9.17) is 9.47 Å². The number of carbonyl (C=O) groups is 1. The van der Waals surface area contributed by atoms with Crippen molar-refractivity contribution in [3.63, 3.8) is 0 Å². The molecule has 26 heavy (non-hydrogen) atoms. The summed E-state index contributed by atoms with van der Waals surface area (Å²) >= 11 is 0. The van der Waals surface area contributed by atoms with Gasteiger partial charge in [-0.1, -0.05) is 5.21 Å². The summed E-state index contributed by atoms with van der Waals surface area (Å²) in [5.41, 5.74) is 1.02. The zero-order valence-electron chi connectivity index (χ0n) is 14.6. The van der Waals surface area contributed by atoms with Crippen LogP contribution in [0.5, 0.6) is 5.75 Å². The van der Waals surface area contributed by atoms with E-state index in [1.807, 2.05) is 24.3 Å². The third-order valence-corrected chi connectivity index (χ3v) is 4.73. The minimum Gasteiger partial charge on any atom is -0.488 e. The van der Waals surface area contributed by atoms with Crippen molar-refractivity contribution in [2.45, 2.75) is 31.4 Å². The van der Waals surface area contributed by atoms with E-state index < -0.39 is 0 Å². The number of rotatable bonds is 5. The third kappa shape index (κ3) is 4.03. The van der Waals surface area contributed by atoms with Crippen LogP contribution in [0.4, 0.5) is 5.69 Å². The van der Waals surface area contributed by atoms with Crippen LogP contribution in [0.25, 0.3) is 0 Å². The Hall–Kier alpha value is -2.45. The maximum absolute atomic E-state index is 12.4. The van der Waals surface area contributed by atoms with Gasteiger partial charge in [0.05, 0.1) is 25.5 Å². The Balaban J connectivity index is 1.34.